The van der Waals surface area contributed by atoms with Gasteiger partial charge in [-0.2, -0.15) is 21.6 Å². The van der Waals surface area contributed by atoms with Crippen LogP contribution in [0.3, 0.4) is 0 Å². The number of hydrogen-bond acceptors (Lipinski definition) is 5. The number of aromatic nitrogens is 2. The molecule has 8 nitrogen and oxygen atoms in total. The van der Waals surface area contributed by atoms with Crippen molar-refractivity contribution in [1.29, 1.82) is 0 Å². The number of halogens is 4. The molecular formula is C17H14ClF3N4O4S2. The number of sulfonamides is 2. The van der Waals surface area contributed by atoms with Gasteiger partial charge in [-0.25, -0.2) is 13.4 Å². The molecule has 0 amide bonds. The smallest absolute Gasteiger partial charge is 0.339 e. The Morgan fingerprint density at radius 1 is 0.968 bits per heavy atom. The summed E-state index contributed by atoms with van der Waals surface area (Å²) in [5.74, 6) is 0. The number of alkyl halides is 3. The largest absolute Gasteiger partial charge is 0.417 e. The Bertz CT molecular complexity index is 1340. The second-order valence-corrected chi connectivity index (χ2v) is 9.99. The van der Waals surface area contributed by atoms with Gasteiger partial charge >= 0.3 is 6.18 Å². The molecule has 0 radical (unpaired) electrons. The van der Waals surface area contributed by atoms with Crippen LogP contribution < -0.4 is 9.44 Å². The van der Waals surface area contributed by atoms with Gasteiger partial charge in [0.05, 0.1) is 33.2 Å². The third-order valence-corrected chi connectivity index (χ3v) is 6.87. The van der Waals surface area contributed by atoms with E-state index < -0.39 is 41.7 Å². The molecule has 2 N–H and O–H groups in total. The second kappa shape index (κ2) is 8.05. The molecular weight excluding hydrogens is 481 g/mol. The molecule has 0 unspecified atom stereocenters. The highest BCUT2D eigenvalue weighted by molar-refractivity contribution is 7.93. The molecule has 0 atom stereocenters. The first-order valence-corrected chi connectivity index (χ1v) is 11.6. The van der Waals surface area contributed by atoms with E-state index in [1.54, 1.807) is 7.05 Å². The molecule has 2 aromatic carbocycles. The van der Waals surface area contributed by atoms with E-state index in [0.717, 1.165) is 12.1 Å². The predicted molar refractivity (Wildman–Crippen MR) is 108 cm³/mol. The van der Waals surface area contributed by atoms with E-state index in [0.29, 0.717) is 6.07 Å². The minimum Gasteiger partial charge on any atom is -0.339 e. The fourth-order valence-electron chi connectivity index (χ4n) is 2.48. The first-order chi connectivity index (χ1) is 14.3. The van der Waals surface area contributed by atoms with E-state index in [4.69, 9.17) is 11.6 Å². The molecule has 0 fully saturated rings. The van der Waals surface area contributed by atoms with Crippen LogP contribution in [-0.2, 0) is 33.3 Å². The van der Waals surface area contributed by atoms with Gasteiger partial charge in [0, 0.05) is 13.2 Å². The maximum absolute atomic E-state index is 13.1. The molecule has 1 aromatic heterocycles. The lowest BCUT2D eigenvalue weighted by molar-refractivity contribution is -0.137. The SMILES string of the molecule is Cn1cnc(S(=O)(=O)Nc2ccccc2NS(=O)(=O)c2ccc(Cl)c(C(F)(F)F)c2)c1. The van der Waals surface area contributed by atoms with Crippen LogP contribution in [-0.4, -0.2) is 26.4 Å². The summed E-state index contributed by atoms with van der Waals surface area (Å²) in [7, 11) is -7.10. The Morgan fingerprint density at radius 2 is 1.55 bits per heavy atom. The van der Waals surface area contributed by atoms with Crippen LogP contribution in [0, 0.1) is 0 Å². The lowest BCUT2D eigenvalue weighted by atomic mass is 10.2. The summed E-state index contributed by atoms with van der Waals surface area (Å²) >= 11 is 5.53. The minimum atomic E-state index is -4.86. The van der Waals surface area contributed by atoms with Crippen LogP contribution >= 0.6 is 11.6 Å². The number of rotatable bonds is 6. The molecule has 0 spiro atoms. The molecule has 0 aliphatic heterocycles. The van der Waals surface area contributed by atoms with Crippen molar-refractivity contribution in [2.45, 2.75) is 16.1 Å². The monoisotopic (exact) mass is 494 g/mol. The van der Waals surface area contributed by atoms with Crippen LogP contribution in [0.5, 0.6) is 0 Å². The van der Waals surface area contributed by atoms with Gasteiger partial charge in [-0.1, -0.05) is 23.7 Å². The summed E-state index contributed by atoms with van der Waals surface area (Å²) in [6.45, 7) is 0. The quantitative estimate of drug-likeness (QED) is 0.543. The number of imidazole rings is 1. The molecule has 0 saturated carbocycles. The van der Waals surface area contributed by atoms with Crippen LogP contribution in [0.25, 0.3) is 0 Å². The zero-order chi connectivity index (χ0) is 23.0. The van der Waals surface area contributed by atoms with Gasteiger partial charge in [0.1, 0.15) is 0 Å². The highest BCUT2D eigenvalue weighted by atomic mass is 35.5. The predicted octanol–water partition coefficient (Wildman–Crippen LogP) is 3.69. The lowest BCUT2D eigenvalue weighted by Gasteiger charge is -2.15. The number of nitrogens with zero attached hydrogens (tertiary/aromatic N) is 2. The van der Waals surface area contributed by atoms with E-state index in [1.807, 2.05) is 0 Å². The number of benzene rings is 2. The summed E-state index contributed by atoms with van der Waals surface area (Å²) < 4.78 is 95.2. The summed E-state index contributed by atoms with van der Waals surface area (Å²) in [4.78, 5) is 3.03. The van der Waals surface area contributed by atoms with Gasteiger partial charge in [0.15, 0.2) is 5.03 Å². The van der Waals surface area contributed by atoms with Crippen molar-refractivity contribution in [2.75, 3.05) is 9.44 Å². The second-order valence-electron chi connectivity index (χ2n) is 6.27. The fourth-order valence-corrected chi connectivity index (χ4v) is 4.87. The van der Waals surface area contributed by atoms with Crippen molar-refractivity contribution in [1.82, 2.24) is 9.55 Å². The van der Waals surface area contributed by atoms with Gasteiger partial charge in [0.2, 0.25) is 0 Å². The topological polar surface area (TPSA) is 110 Å². The van der Waals surface area contributed by atoms with E-state index in [2.05, 4.69) is 14.4 Å². The summed E-state index contributed by atoms with van der Waals surface area (Å²) in [6.07, 6.45) is -2.36. The summed E-state index contributed by atoms with van der Waals surface area (Å²) in [6, 6.07) is 7.49. The van der Waals surface area contributed by atoms with Crippen LogP contribution in [0.15, 0.2) is 64.9 Å². The van der Waals surface area contributed by atoms with Crippen LogP contribution in [0.1, 0.15) is 5.56 Å². The highest BCUT2D eigenvalue weighted by Gasteiger charge is 2.34. The molecule has 0 saturated heterocycles. The molecule has 1 heterocycles. The van der Waals surface area contributed by atoms with Gasteiger partial charge < -0.3 is 4.57 Å². The van der Waals surface area contributed by atoms with Gasteiger partial charge in [0.25, 0.3) is 20.0 Å². The fraction of sp³-hybridized carbons (Fsp3) is 0.118. The molecule has 3 rings (SSSR count). The first kappa shape index (κ1) is 22.9. The lowest BCUT2D eigenvalue weighted by Crippen LogP contribution is -2.18. The normalized spacial score (nSPS) is 12.5. The van der Waals surface area contributed by atoms with Crippen LogP contribution in [0.2, 0.25) is 5.02 Å². The maximum Gasteiger partial charge on any atom is 0.417 e. The zero-order valence-corrected chi connectivity index (χ0v) is 17.9. The van der Waals surface area contributed by atoms with Crippen molar-refractivity contribution < 1.29 is 30.0 Å². The maximum atomic E-state index is 13.1. The molecule has 14 heteroatoms. The van der Waals surface area contributed by atoms with E-state index in [9.17, 15) is 30.0 Å². The number of aryl methyl sites for hydroxylation is 1. The van der Waals surface area contributed by atoms with Gasteiger partial charge in [-0.3, -0.25) is 9.44 Å². The zero-order valence-electron chi connectivity index (χ0n) is 15.6. The van der Waals surface area contributed by atoms with Crippen molar-refractivity contribution in [2.24, 2.45) is 7.05 Å². The Kier molecular flexibility index (Phi) is 5.95. The summed E-state index contributed by atoms with van der Waals surface area (Å²) in [5, 5.41) is -0.963. The molecule has 166 valence electrons. The number of anilines is 2. The Labute approximate surface area is 180 Å². The van der Waals surface area contributed by atoms with E-state index in [-0.39, 0.29) is 16.4 Å². The van der Waals surface area contributed by atoms with Crippen molar-refractivity contribution in [3.8, 4) is 0 Å². The highest BCUT2D eigenvalue weighted by Crippen LogP contribution is 2.36. The molecule has 31 heavy (non-hydrogen) atoms. The Balaban J connectivity index is 1.95. The van der Waals surface area contributed by atoms with E-state index >= 15 is 0 Å². The molecule has 0 aliphatic rings. The average molecular weight is 495 g/mol. The minimum absolute atomic E-state index is 0.151. The third-order valence-electron chi connectivity index (χ3n) is 3.93. The Morgan fingerprint density at radius 3 is 2.06 bits per heavy atom. The first-order valence-electron chi connectivity index (χ1n) is 8.29. The number of nitrogens with one attached hydrogen (secondary N) is 2. The average Bonchev–Trinajstić information content (AvgIpc) is 3.09. The van der Waals surface area contributed by atoms with Gasteiger partial charge in [-0.05, 0) is 30.3 Å². The van der Waals surface area contributed by atoms with Crippen LogP contribution in [0.4, 0.5) is 24.5 Å². The number of hydrogen-bond donors (Lipinski definition) is 2. The Hall–Kier alpha value is -2.77. The standard InChI is InChI=1S/C17H14ClF3N4O4S2/c1-25-9-16(22-10-25)31(28,29)24-15-5-3-2-4-14(15)23-30(26,27)11-6-7-13(18)12(8-11)17(19,20)21/h2-10,23-24H,1H3. The molecule has 3 aromatic rings. The third kappa shape index (κ3) is 5.11. The molecule has 0 aliphatic carbocycles. The van der Waals surface area contributed by atoms with E-state index in [1.165, 1.54) is 41.4 Å². The van der Waals surface area contributed by atoms with Crippen molar-refractivity contribution in [3.05, 3.63) is 65.6 Å². The summed E-state index contributed by atoms with van der Waals surface area (Å²) in [5.41, 5.74) is -1.67. The number of para-hydroxylation sites is 2. The molecule has 0 bridgehead atoms. The van der Waals surface area contributed by atoms with Crippen molar-refractivity contribution in [3.63, 3.8) is 0 Å². The van der Waals surface area contributed by atoms with Crippen molar-refractivity contribution >= 4 is 43.0 Å². The van der Waals surface area contributed by atoms with Gasteiger partial charge in [-0.15, -0.1) is 0 Å².